The van der Waals surface area contributed by atoms with Crippen LogP contribution in [0.4, 0.5) is 0 Å². The molecule has 1 heterocycles. The normalized spacial score (nSPS) is 11.9. The Bertz CT molecular complexity index is 797. The number of aryl methyl sites for hydroxylation is 1. The Kier molecular flexibility index (Phi) is 5.23. The maximum Gasteiger partial charge on any atom is 0.223 e. The van der Waals surface area contributed by atoms with Gasteiger partial charge < -0.3 is 4.90 Å². The molecule has 0 radical (unpaired) electrons. The fourth-order valence-electron chi connectivity index (χ4n) is 2.76. The molecule has 5 nitrogen and oxygen atoms in total. The summed E-state index contributed by atoms with van der Waals surface area (Å²) in [4.78, 5) is 18.3. The van der Waals surface area contributed by atoms with Crippen LogP contribution in [-0.2, 0) is 11.2 Å². The van der Waals surface area contributed by atoms with E-state index in [1.165, 1.54) is 11.9 Å². The zero-order chi connectivity index (χ0) is 17.6. The molecule has 0 saturated carbocycles. The summed E-state index contributed by atoms with van der Waals surface area (Å²) in [5.74, 6) is 0.150. The second-order valence-corrected chi connectivity index (χ2v) is 6.10. The fraction of sp³-hybridized carbons (Fsp3) is 0.250. The van der Waals surface area contributed by atoms with E-state index in [-0.39, 0.29) is 11.9 Å². The highest BCUT2D eigenvalue weighted by atomic mass is 16.2. The van der Waals surface area contributed by atoms with Crippen LogP contribution in [0, 0.1) is 0 Å². The minimum Gasteiger partial charge on any atom is -0.339 e. The number of aromatic nitrogens is 3. The number of rotatable bonds is 6. The van der Waals surface area contributed by atoms with Crippen molar-refractivity contribution < 1.29 is 4.79 Å². The average Bonchev–Trinajstić information content (AvgIpc) is 3.20. The SMILES string of the molecule is C[C@@H](c1ccc(-n2cncn2)cc1)N(C)C(=O)CCc1ccccc1. The number of nitrogens with zero attached hydrogens (tertiary/aromatic N) is 4. The van der Waals surface area contributed by atoms with E-state index < -0.39 is 0 Å². The van der Waals surface area contributed by atoms with Crippen molar-refractivity contribution in [3.8, 4) is 5.69 Å². The van der Waals surface area contributed by atoms with E-state index in [0.717, 1.165) is 17.7 Å². The summed E-state index contributed by atoms with van der Waals surface area (Å²) in [6.45, 7) is 2.05. The summed E-state index contributed by atoms with van der Waals surface area (Å²) in [6, 6.07) is 18.2. The Balaban J connectivity index is 1.61. The van der Waals surface area contributed by atoms with Crippen molar-refractivity contribution in [3.05, 3.63) is 78.4 Å². The van der Waals surface area contributed by atoms with Crippen LogP contribution in [0.5, 0.6) is 0 Å². The lowest BCUT2D eigenvalue weighted by atomic mass is 10.1. The van der Waals surface area contributed by atoms with Gasteiger partial charge in [0.15, 0.2) is 0 Å². The van der Waals surface area contributed by atoms with Gasteiger partial charge in [0.25, 0.3) is 0 Å². The second-order valence-electron chi connectivity index (χ2n) is 6.10. The van der Waals surface area contributed by atoms with Gasteiger partial charge in [0.05, 0.1) is 11.7 Å². The standard InChI is InChI=1S/C20H22N4O/c1-16(18-9-11-19(12-10-18)24-15-21-14-22-24)23(2)20(25)13-8-17-6-4-3-5-7-17/h3-7,9-12,14-16H,8,13H2,1-2H3/t16-/m0/s1. The summed E-state index contributed by atoms with van der Waals surface area (Å²) in [5, 5.41) is 4.12. The molecule has 1 amide bonds. The summed E-state index contributed by atoms with van der Waals surface area (Å²) in [6.07, 6.45) is 4.46. The van der Waals surface area contributed by atoms with E-state index in [1.807, 2.05) is 61.3 Å². The summed E-state index contributed by atoms with van der Waals surface area (Å²) in [5.41, 5.74) is 3.24. The van der Waals surface area contributed by atoms with Crippen molar-refractivity contribution in [1.29, 1.82) is 0 Å². The first kappa shape index (κ1) is 16.9. The first-order valence-electron chi connectivity index (χ1n) is 8.39. The Morgan fingerprint density at radius 3 is 2.48 bits per heavy atom. The zero-order valence-electron chi connectivity index (χ0n) is 14.5. The maximum atomic E-state index is 12.5. The van der Waals surface area contributed by atoms with Crippen molar-refractivity contribution >= 4 is 5.91 Å². The van der Waals surface area contributed by atoms with Gasteiger partial charge in [-0.1, -0.05) is 42.5 Å². The Morgan fingerprint density at radius 2 is 1.84 bits per heavy atom. The quantitative estimate of drug-likeness (QED) is 0.694. The van der Waals surface area contributed by atoms with Gasteiger partial charge in [0, 0.05) is 13.5 Å². The van der Waals surface area contributed by atoms with Gasteiger partial charge in [-0.2, -0.15) is 5.10 Å². The number of carbonyl (C=O) groups excluding carboxylic acids is 1. The molecule has 0 spiro atoms. The smallest absolute Gasteiger partial charge is 0.223 e. The minimum atomic E-state index is 0.0214. The lowest BCUT2D eigenvalue weighted by molar-refractivity contribution is -0.131. The van der Waals surface area contributed by atoms with Crippen molar-refractivity contribution in [1.82, 2.24) is 19.7 Å². The van der Waals surface area contributed by atoms with Crippen LogP contribution < -0.4 is 0 Å². The van der Waals surface area contributed by atoms with Gasteiger partial charge in [-0.15, -0.1) is 0 Å². The molecule has 0 unspecified atom stereocenters. The van der Waals surface area contributed by atoms with E-state index in [9.17, 15) is 4.79 Å². The van der Waals surface area contributed by atoms with Gasteiger partial charge in [0.2, 0.25) is 5.91 Å². The van der Waals surface area contributed by atoms with Crippen LogP contribution in [0.25, 0.3) is 5.69 Å². The van der Waals surface area contributed by atoms with E-state index in [2.05, 4.69) is 22.2 Å². The predicted octanol–water partition coefficient (Wildman–Crippen LogP) is 3.42. The molecule has 0 aliphatic carbocycles. The monoisotopic (exact) mass is 334 g/mol. The number of carbonyl (C=O) groups is 1. The molecule has 3 aromatic rings. The molecule has 2 aromatic carbocycles. The molecule has 0 saturated heterocycles. The molecule has 5 heteroatoms. The molecule has 25 heavy (non-hydrogen) atoms. The molecule has 128 valence electrons. The van der Waals surface area contributed by atoms with Crippen molar-refractivity contribution in [2.75, 3.05) is 7.05 Å². The molecule has 1 atom stereocenters. The number of hydrogen-bond acceptors (Lipinski definition) is 3. The number of benzene rings is 2. The van der Waals surface area contributed by atoms with E-state index in [4.69, 9.17) is 0 Å². The van der Waals surface area contributed by atoms with Gasteiger partial charge in [-0.05, 0) is 36.6 Å². The third kappa shape index (κ3) is 4.12. The minimum absolute atomic E-state index is 0.0214. The number of hydrogen-bond donors (Lipinski definition) is 0. The largest absolute Gasteiger partial charge is 0.339 e. The first-order valence-corrected chi connectivity index (χ1v) is 8.39. The molecule has 1 aromatic heterocycles. The lowest BCUT2D eigenvalue weighted by Gasteiger charge is -2.25. The van der Waals surface area contributed by atoms with Crippen LogP contribution in [0.15, 0.2) is 67.3 Å². The molecule has 0 bridgehead atoms. The molecular formula is C20H22N4O. The van der Waals surface area contributed by atoms with E-state index in [1.54, 1.807) is 11.0 Å². The van der Waals surface area contributed by atoms with Gasteiger partial charge in [0.1, 0.15) is 12.7 Å². The first-order chi connectivity index (χ1) is 12.1. The van der Waals surface area contributed by atoms with Crippen molar-refractivity contribution in [3.63, 3.8) is 0 Å². The number of amides is 1. The highest BCUT2D eigenvalue weighted by molar-refractivity contribution is 5.76. The van der Waals surface area contributed by atoms with E-state index in [0.29, 0.717) is 6.42 Å². The highest BCUT2D eigenvalue weighted by Gasteiger charge is 2.17. The van der Waals surface area contributed by atoms with Crippen molar-refractivity contribution in [2.45, 2.75) is 25.8 Å². The molecule has 0 aliphatic heterocycles. The van der Waals surface area contributed by atoms with Crippen LogP contribution in [-0.4, -0.2) is 32.6 Å². The molecular weight excluding hydrogens is 312 g/mol. The van der Waals surface area contributed by atoms with Crippen LogP contribution >= 0.6 is 0 Å². The second kappa shape index (κ2) is 7.75. The zero-order valence-corrected chi connectivity index (χ0v) is 14.5. The third-order valence-corrected chi connectivity index (χ3v) is 4.50. The van der Waals surface area contributed by atoms with Gasteiger partial charge in [-0.25, -0.2) is 9.67 Å². The van der Waals surface area contributed by atoms with Gasteiger partial charge >= 0.3 is 0 Å². The van der Waals surface area contributed by atoms with Crippen LogP contribution in [0.2, 0.25) is 0 Å². The van der Waals surface area contributed by atoms with Gasteiger partial charge in [-0.3, -0.25) is 4.79 Å². The molecule has 0 aliphatic rings. The molecule has 0 N–H and O–H groups in total. The Hall–Kier alpha value is -2.95. The topological polar surface area (TPSA) is 51.0 Å². The van der Waals surface area contributed by atoms with Crippen LogP contribution in [0.1, 0.15) is 30.5 Å². The predicted molar refractivity (Wildman–Crippen MR) is 97.3 cm³/mol. The summed E-state index contributed by atoms with van der Waals surface area (Å²) in [7, 11) is 1.86. The third-order valence-electron chi connectivity index (χ3n) is 4.50. The van der Waals surface area contributed by atoms with Crippen molar-refractivity contribution in [2.24, 2.45) is 0 Å². The molecule has 3 rings (SSSR count). The maximum absolute atomic E-state index is 12.5. The lowest BCUT2D eigenvalue weighted by Crippen LogP contribution is -2.29. The highest BCUT2D eigenvalue weighted by Crippen LogP contribution is 2.21. The summed E-state index contributed by atoms with van der Waals surface area (Å²) >= 11 is 0. The fourth-order valence-corrected chi connectivity index (χ4v) is 2.76. The Morgan fingerprint density at radius 1 is 1.12 bits per heavy atom. The van der Waals surface area contributed by atoms with Crippen LogP contribution in [0.3, 0.4) is 0 Å². The van der Waals surface area contributed by atoms with E-state index >= 15 is 0 Å². The average molecular weight is 334 g/mol. The molecule has 0 fully saturated rings. The Labute approximate surface area is 147 Å². The summed E-state index contributed by atoms with van der Waals surface area (Å²) < 4.78 is 1.71.